The molecule has 0 aliphatic carbocycles. The molecule has 0 N–H and O–H groups in total. The van der Waals surface area contributed by atoms with E-state index in [2.05, 4.69) is 0 Å². The minimum atomic E-state index is -4.46. The van der Waals surface area contributed by atoms with Crippen LogP contribution in [0.4, 0.5) is 17.6 Å². The highest BCUT2D eigenvalue weighted by Gasteiger charge is 2.40. The zero-order valence-corrected chi connectivity index (χ0v) is 15.5. The zero-order chi connectivity index (χ0) is 20.1. The predicted octanol–water partition coefficient (Wildman–Crippen LogP) is 7.54. The van der Waals surface area contributed by atoms with E-state index >= 15 is 0 Å². The molecule has 144 valence electrons. The van der Waals surface area contributed by atoms with Gasteiger partial charge in [0.25, 0.3) is 0 Å². The van der Waals surface area contributed by atoms with Crippen LogP contribution in [0.15, 0.2) is 72.8 Å². The fraction of sp³-hybridized carbons (Fsp3) is 0.130. The van der Waals surface area contributed by atoms with Crippen LogP contribution < -0.4 is 0 Å². The van der Waals surface area contributed by atoms with Gasteiger partial charge >= 0.3 is 6.18 Å². The van der Waals surface area contributed by atoms with Crippen molar-refractivity contribution in [1.82, 2.24) is 0 Å². The lowest BCUT2D eigenvalue weighted by atomic mass is 9.91. The Morgan fingerprint density at radius 2 is 1.43 bits per heavy atom. The Labute approximate surface area is 166 Å². The highest BCUT2D eigenvalue weighted by molar-refractivity contribution is 6.30. The van der Waals surface area contributed by atoms with Crippen LogP contribution in [0.2, 0.25) is 5.02 Å². The highest BCUT2D eigenvalue weighted by Crippen LogP contribution is 2.37. The molecule has 0 spiro atoms. The van der Waals surface area contributed by atoms with Gasteiger partial charge in [-0.1, -0.05) is 78.4 Å². The molecule has 5 heteroatoms. The van der Waals surface area contributed by atoms with Gasteiger partial charge in [-0.15, -0.1) is 0 Å². The maximum absolute atomic E-state index is 14.5. The molecule has 1 atom stereocenters. The second-order valence-electron chi connectivity index (χ2n) is 6.44. The number of alkyl halides is 3. The molecule has 3 aromatic carbocycles. The van der Waals surface area contributed by atoms with Crippen molar-refractivity contribution in [2.45, 2.75) is 18.5 Å². The maximum atomic E-state index is 14.5. The van der Waals surface area contributed by atoms with Gasteiger partial charge in [-0.25, -0.2) is 4.39 Å². The first kappa shape index (κ1) is 20.2. The summed E-state index contributed by atoms with van der Waals surface area (Å²) in [6.07, 6.45) is -1.41. The summed E-state index contributed by atoms with van der Waals surface area (Å²) in [6, 6.07) is 19.0. The first-order valence-corrected chi connectivity index (χ1v) is 9.04. The predicted molar refractivity (Wildman–Crippen MR) is 106 cm³/mol. The molecular weight excluding hydrogens is 388 g/mol. The van der Waals surface area contributed by atoms with Crippen molar-refractivity contribution in [2.75, 3.05) is 0 Å². The van der Waals surface area contributed by atoms with Crippen molar-refractivity contribution in [3.8, 4) is 0 Å². The molecule has 0 aliphatic heterocycles. The quantitative estimate of drug-likeness (QED) is 0.304. The van der Waals surface area contributed by atoms with Crippen molar-refractivity contribution in [1.29, 1.82) is 0 Å². The van der Waals surface area contributed by atoms with Crippen LogP contribution in [0.3, 0.4) is 0 Å². The van der Waals surface area contributed by atoms with E-state index < -0.39 is 24.3 Å². The molecular formula is C23H17ClF4. The Balaban J connectivity index is 1.80. The monoisotopic (exact) mass is 404 g/mol. The van der Waals surface area contributed by atoms with Crippen molar-refractivity contribution in [3.63, 3.8) is 0 Å². The summed E-state index contributed by atoms with van der Waals surface area (Å²) >= 11 is 5.83. The third-order valence-electron chi connectivity index (χ3n) is 4.44. The largest absolute Gasteiger partial charge is 0.396 e. The smallest absolute Gasteiger partial charge is 0.207 e. The molecule has 0 aromatic heterocycles. The lowest BCUT2D eigenvalue weighted by Crippen LogP contribution is -2.23. The molecule has 0 heterocycles. The Morgan fingerprint density at radius 1 is 0.821 bits per heavy atom. The molecule has 28 heavy (non-hydrogen) atoms. The molecule has 0 aliphatic rings. The van der Waals surface area contributed by atoms with Crippen LogP contribution in [0, 0.1) is 5.82 Å². The van der Waals surface area contributed by atoms with Crippen LogP contribution in [-0.4, -0.2) is 6.18 Å². The number of benzene rings is 3. The summed E-state index contributed by atoms with van der Waals surface area (Å²) in [7, 11) is 0. The van der Waals surface area contributed by atoms with Crippen LogP contribution in [0.25, 0.3) is 12.2 Å². The fourth-order valence-corrected chi connectivity index (χ4v) is 3.05. The third-order valence-corrected chi connectivity index (χ3v) is 4.69. The number of hydrogen-bond donors (Lipinski definition) is 0. The topological polar surface area (TPSA) is 0 Å². The summed E-state index contributed by atoms with van der Waals surface area (Å²) in [5.74, 6) is -2.40. The second-order valence-corrected chi connectivity index (χ2v) is 6.88. The second kappa shape index (κ2) is 8.61. The van der Waals surface area contributed by atoms with Crippen molar-refractivity contribution in [2.24, 2.45) is 0 Å². The molecule has 0 amide bonds. The van der Waals surface area contributed by atoms with E-state index in [4.69, 9.17) is 11.6 Å². The van der Waals surface area contributed by atoms with E-state index in [0.717, 1.165) is 5.56 Å². The molecule has 1 unspecified atom stereocenters. The van der Waals surface area contributed by atoms with Gasteiger partial charge in [0.05, 0.1) is 5.92 Å². The molecule has 3 rings (SSSR count). The molecule has 0 saturated heterocycles. The van der Waals surface area contributed by atoms with E-state index in [-0.39, 0.29) is 11.1 Å². The van der Waals surface area contributed by atoms with Crippen molar-refractivity contribution >= 4 is 23.8 Å². The van der Waals surface area contributed by atoms with Crippen molar-refractivity contribution in [3.05, 3.63) is 106 Å². The lowest BCUT2D eigenvalue weighted by Gasteiger charge is -2.21. The summed E-state index contributed by atoms with van der Waals surface area (Å²) in [6.45, 7) is 0. The van der Waals surface area contributed by atoms with Crippen LogP contribution >= 0.6 is 11.6 Å². The number of hydrogen-bond acceptors (Lipinski definition) is 0. The Kier molecular flexibility index (Phi) is 6.20. The van der Waals surface area contributed by atoms with Gasteiger partial charge in [0, 0.05) is 5.02 Å². The van der Waals surface area contributed by atoms with Crippen LogP contribution in [0.1, 0.15) is 28.2 Å². The van der Waals surface area contributed by atoms with Gasteiger partial charge < -0.3 is 0 Å². The van der Waals surface area contributed by atoms with Gasteiger partial charge in [-0.3, -0.25) is 0 Å². The molecule has 0 fully saturated rings. The average molecular weight is 405 g/mol. The standard InChI is InChI=1S/C23H17ClF4/c24-20-12-9-16(10-13-20)6-7-17-8-11-19(22(25)14-17)15-21(23(26,27)28)18-4-2-1-3-5-18/h1-14,21H,15H2/b7-6+. The van der Waals surface area contributed by atoms with Gasteiger partial charge in [0.1, 0.15) is 5.82 Å². The first-order valence-electron chi connectivity index (χ1n) is 8.66. The van der Waals surface area contributed by atoms with E-state index in [1.807, 2.05) is 12.1 Å². The van der Waals surface area contributed by atoms with Gasteiger partial charge in [-0.05, 0) is 46.9 Å². The Hall–Kier alpha value is -2.59. The normalized spacial score (nSPS) is 13.0. The van der Waals surface area contributed by atoms with Gasteiger partial charge in [0.2, 0.25) is 0 Å². The third kappa shape index (κ3) is 5.23. The van der Waals surface area contributed by atoms with E-state index in [0.29, 0.717) is 10.6 Å². The van der Waals surface area contributed by atoms with Crippen LogP contribution in [0.5, 0.6) is 0 Å². The van der Waals surface area contributed by atoms with Gasteiger partial charge in [0.15, 0.2) is 0 Å². The molecule has 3 aromatic rings. The zero-order valence-electron chi connectivity index (χ0n) is 14.8. The average Bonchev–Trinajstić information content (AvgIpc) is 2.66. The summed E-state index contributed by atoms with van der Waals surface area (Å²) < 4.78 is 55.0. The maximum Gasteiger partial charge on any atom is 0.396 e. The summed E-state index contributed by atoms with van der Waals surface area (Å²) in [5, 5.41) is 0.616. The minimum absolute atomic E-state index is 0.0369. The Morgan fingerprint density at radius 3 is 2.04 bits per heavy atom. The first-order chi connectivity index (χ1) is 13.3. The van der Waals surface area contributed by atoms with E-state index in [1.54, 1.807) is 48.6 Å². The molecule has 0 nitrogen and oxygen atoms in total. The molecule has 0 bridgehead atoms. The molecule has 0 radical (unpaired) electrons. The number of halogens is 5. The van der Waals surface area contributed by atoms with Crippen molar-refractivity contribution < 1.29 is 17.6 Å². The fourth-order valence-electron chi connectivity index (χ4n) is 2.93. The lowest BCUT2D eigenvalue weighted by molar-refractivity contribution is -0.150. The van der Waals surface area contributed by atoms with Crippen LogP contribution in [-0.2, 0) is 6.42 Å². The minimum Gasteiger partial charge on any atom is -0.207 e. The molecule has 0 saturated carbocycles. The SMILES string of the molecule is Fc1cc(/C=C/c2ccc(Cl)cc2)ccc1CC(c1ccccc1)C(F)(F)F. The van der Waals surface area contributed by atoms with Gasteiger partial charge in [-0.2, -0.15) is 13.2 Å². The van der Waals surface area contributed by atoms with E-state index in [9.17, 15) is 17.6 Å². The highest BCUT2D eigenvalue weighted by atomic mass is 35.5. The summed E-state index contributed by atoms with van der Waals surface area (Å²) in [5.41, 5.74) is 1.62. The number of rotatable bonds is 5. The summed E-state index contributed by atoms with van der Waals surface area (Å²) in [4.78, 5) is 0. The Bertz CT molecular complexity index is 945. The van der Waals surface area contributed by atoms with E-state index in [1.165, 1.54) is 24.3 Å².